The van der Waals surface area contributed by atoms with E-state index in [1.54, 1.807) is 12.0 Å². The summed E-state index contributed by atoms with van der Waals surface area (Å²) in [5.41, 5.74) is 0.947. The van der Waals surface area contributed by atoms with Crippen LogP contribution in [0.5, 0.6) is 5.75 Å². The van der Waals surface area contributed by atoms with Crippen LogP contribution < -0.4 is 10.1 Å². The van der Waals surface area contributed by atoms with Gasteiger partial charge >= 0.3 is 6.03 Å². The second-order valence-corrected chi connectivity index (χ2v) is 7.58. The van der Waals surface area contributed by atoms with Crippen LogP contribution in [0.4, 0.5) is 4.79 Å². The molecule has 25 heavy (non-hydrogen) atoms. The van der Waals surface area contributed by atoms with Gasteiger partial charge in [0.2, 0.25) is 5.91 Å². The van der Waals surface area contributed by atoms with Gasteiger partial charge in [-0.1, -0.05) is 39.0 Å². The lowest BCUT2D eigenvalue weighted by Crippen LogP contribution is -2.54. The Morgan fingerprint density at radius 1 is 1.08 bits per heavy atom. The number of para-hydroxylation sites is 1. The highest BCUT2D eigenvalue weighted by Crippen LogP contribution is 2.19. The van der Waals surface area contributed by atoms with Crippen molar-refractivity contribution in [2.24, 2.45) is 5.41 Å². The van der Waals surface area contributed by atoms with Crippen molar-refractivity contribution in [1.29, 1.82) is 0 Å². The lowest BCUT2D eigenvalue weighted by atomic mass is 9.97. The van der Waals surface area contributed by atoms with Crippen LogP contribution in [-0.2, 0) is 11.2 Å². The number of hydrogen-bond acceptors (Lipinski definition) is 3. The highest BCUT2D eigenvalue weighted by atomic mass is 16.5. The number of methoxy groups -OCH3 is 1. The topological polar surface area (TPSA) is 61.9 Å². The van der Waals surface area contributed by atoms with Crippen molar-refractivity contribution >= 4 is 11.9 Å². The maximum atomic E-state index is 12.5. The average molecular weight is 347 g/mol. The molecule has 1 aliphatic rings. The molecule has 6 heteroatoms. The fourth-order valence-corrected chi connectivity index (χ4v) is 2.74. The highest BCUT2D eigenvalue weighted by molar-refractivity contribution is 5.80. The number of carbonyl (C=O) groups excluding carboxylic acids is 2. The number of piperazine rings is 1. The van der Waals surface area contributed by atoms with Crippen LogP contribution in [0.2, 0.25) is 0 Å². The Balaban J connectivity index is 1.83. The summed E-state index contributed by atoms with van der Waals surface area (Å²) in [6.45, 7) is 9.15. The predicted molar refractivity (Wildman–Crippen MR) is 97.7 cm³/mol. The van der Waals surface area contributed by atoms with Gasteiger partial charge < -0.3 is 19.9 Å². The van der Waals surface area contributed by atoms with E-state index in [1.807, 2.05) is 29.2 Å². The van der Waals surface area contributed by atoms with Crippen molar-refractivity contribution in [2.45, 2.75) is 27.2 Å². The summed E-state index contributed by atoms with van der Waals surface area (Å²) >= 11 is 0. The molecule has 3 amide bonds. The largest absolute Gasteiger partial charge is 0.496 e. The molecule has 1 aromatic carbocycles. The first kappa shape index (κ1) is 19.1. The molecule has 1 aromatic rings. The summed E-state index contributed by atoms with van der Waals surface area (Å²) in [6, 6.07) is 7.52. The van der Waals surface area contributed by atoms with E-state index in [2.05, 4.69) is 26.1 Å². The molecule has 1 fully saturated rings. The molecule has 0 atom stereocenters. The van der Waals surface area contributed by atoms with Gasteiger partial charge in [-0.3, -0.25) is 4.79 Å². The number of ether oxygens (including phenoxy) is 1. The number of rotatable bonds is 4. The van der Waals surface area contributed by atoms with Crippen LogP contribution >= 0.6 is 0 Å². The van der Waals surface area contributed by atoms with E-state index in [0.29, 0.717) is 39.1 Å². The number of nitrogens with zero attached hydrogens (tertiary/aromatic N) is 2. The van der Waals surface area contributed by atoms with Gasteiger partial charge in [0.05, 0.1) is 13.5 Å². The number of nitrogens with one attached hydrogen (secondary N) is 1. The normalized spacial score (nSPS) is 15.0. The molecule has 0 bridgehead atoms. The van der Waals surface area contributed by atoms with E-state index in [1.165, 1.54) is 0 Å². The summed E-state index contributed by atoms with van der Waals surface area (Å²) in [5.74, 6) is 0.801. The van der Waals surface area contributed by atoms with E-state index in [9.17, 15) is 9.59 Å². The monoisotopic (exact) mass is 347 g/mol. The van der Waals surface area contributed by atoms with Gasteiger partial charge in [0, 0.05) is 38.3 Å². The van der Waals surface area contributed by atoms with E-state index < -0.39 is 0 Å². The van der Waals surface area contributed by atoms with Crippen molar-refractivity contribution in [3.8, 4) is 5.75 Å². The zero-order chi connectivity index (χ0) is 18.4. The van der Waals surface area contributed by atoms with Gasteiger partial charge in [0.15, 0.2) is 0 Å². The minimum absolute atomic E-state index is 0.0493. The van der Waals surface area contributed by atoms with Crippen LogP contribution in [0.25, 0.3) is 0 Å². The molecule has 0 unspecified atom stereocenters. The van der Waals surface area contributed by atoms with Crippen molar-refractivity contribution < 1.29 is 14.3 Å². The molecule has 0 radical (unpaired) electrons. The van der Waals surface area contributed by atoms with Gasteiger partial charge in [0.1, 0.15) is 5.75 Å². The first-order chi connectivity index (χ1) is 11.8. The van der Waals surface area contributed by atoms with Crippen molar-refractivity contribution in [3.05, 3.63) is 29.8 Å². The first-order valence-corrected chi connectivity index (χ1v) is 8.72. The molecule has 0 spiro atoms. The quantitative estimate of drug-likeness (QED) is 0.908. The minimum atomic E-state index is -0.0493. The van der Waals surface area contributed by atoms with Gasteiger partial charge in [-0.25, -0.2) is 4.79 Å². The lowest BCUT2D eigenvalue weighted by molar-refractivity contribution is -0.131. The van der Waals surface area contributed by atoms with Crippen molar-refractivity contribution in [2.75, 3.05) is 39.8 Å². The molecule has 0 aliphatic carbocycles. The fraction of sp³-hybridized carbons (Fsp3) is 0.579. The summed E-state index contributed by atoms with van der Waals surface area (Å²) in [4.78, 5) is 28.3. The second-order valence-electron chi connectivity index (χ2n) is 7.58. The molecule has 0 aromatic heterocycles. The van der Waals surface area contributed by atoms with Crippen molar-refractivity contribution in [3.63, 3.8) is 0 Å². The zero-order valence-corrected chi connectivity index (χ0v) is 15.7. The number of urea groups is 1. The third-order valence-corrected chi connectivity index (χ3v) is 4.22. The Bertz CT molecular complexity index is 602. The standard InChI is InChI=1S/C19H29N3O3/c1-19(2,3)14-20-18(24)22-11-9-21(10-12-22)17(23)13-15-7-5-6-8-16(15)25-4/h5-8H,9-14H2,1-4H3,(H,20,24). The SMILES string of the molecule is COc1ccccc1CC(=O)N1CCN(C(=O)NCC(C)(C)C)CC1. The van der Waals surface area contributed by atoms with E-state index >= 15 is 0 Å². The molecule has 1 N–H and O–H groups in total. The molecular formula is C19H29N3O3. The Kier molecular flexibility index (Phi) is 6.28. The molecule has 138 valence electrons. The smallest absolute Gasteiger partial charge is 0.317 e. The van der Waals surface area contributed by atoms with E-state index in [-0.39, 0.29) is 17.4 Å². The Morgan fingerprint density at radius 2 is 1.68 bits per heavy atom. The van der Waals surface area contributed by atoms with Crippen LogP contribution in [0.3, 0.4) is 0 Å². The molecule has 1 heterocycles. The van der Waals surface area contributed by atoms with Crippen LogP contribution in [0.1, 0.15) is 26.3 Å². The third kappa shape index (κ3) is 5.66. The van der Waals surface area contributed by atoms with E-state index in [0.717, 1.165) is 11.3 Å². The van der Waals surface area contributed by atoms with E-state index in [4.69, 9.17) is 4.74 Å². The third-order valence-electron chi connectivity index (χ3n) is 4.22. The summed E-state index contributed by atoms with van der Waals surface area (Å²) in [6.07, 6.45) is 0.320. The summed E-state index contributed by atoms with van der Waals surface area (Å²) < 4.78 is 5.30. The molecule has 1 saturated heterocycles. The Morgan fingerprint density at radius 3 is 2.28 bits per heavy atom. The number of benzene rings is 1. The minimum Gasteiger partial charge on any atom is -0.496 e. The van der Waals surface area contributed by atoms with Gasteiger partial charge in [0.25, 0.3) is 0 Å². The lowest BCUT2D eigenvalue weighted by Gasteiger charge is -2.35. The fourth-order valence-electron chi connectivity index (χ4n) is 2.74. The van der Waals surface area contributed by atoms with Crippen LogP contribution in [-0.4, -0.2) is 61.6 Å². The second kappa shape index (κ2) is 8.23. The van der Waals surface area contributed by atoms with Gasteiger partial charge in [-0.05, 0) is 11.5 Å². The van der Waals surface area contributed by atoms with Crippen molar-refractivity contribution in [1.82, 2.24) is 15.1 Å². The van der Waals surface area contributed by atoms with Gasteiger partial charge in [-0.2, -0.15) is 0 Å². The zero-order valence-electron chi connectivity index (χ0n) is 15.7. The molecular weight excluding hydrogens is 318 g/mol. The Labute approximate surface area is 150 Å². The first-order valence-electron chi connectivity index (χ1n) is 8.72. The molecule has 6 nitrogen and oxygen atoms in total. The molecule has 0 saturated carbocycles. The number of hydrogen-bond donors (Lipinski definition) is 1. The van der Waals surface area contributed by atoms with Gasteiger partial charge in [-0.15, -0.1) is 0 Å². The van der Waals surface area contributed by atoms with Crippen LogP contribution in [0, 0.1) is 5.41 Å². The number of carbonyl (C=O) groups is 2. The summed E-state index contributed by atoms with van der Waals surface area (Å²) in [7, 11) is 1.61. The predicted octanol–water partition coefficient (Wildman–Crippen LogP) is 2.14. The maximum Gasteiger partial charge on any atom is 0.317 e. The molecule has 1 aliphatic heterocycles. The molecule has 2 rings (SSSR count). The van der Waals surface area contributed by atoms with Crippen LogP contribution in [0.15, 0.2) is 24.3 Å². The Hall–Kier alpha value is -2.24. The summed E-state index contributed by atoms with van der Waals surface area (Å²) in [5, 5.41) is 2.96. The number of amides is 3. The average Bonchev–Trinajstić information content (AvgIpc) is 2.59. The maximum absolute atomic E-state index is 12.5. The highest BCUT2D eigenvalue weighted by Gasteiger charge is 2.25.